The number of rotatable bonds is 4. The summed E-state index contributed by atoms with van der Waals surface area (Å²) in [6, 6.07) is 11.8. The summed E-state index contributed by atoms with van der Waals surface area (Å²) < 4.78 is 0.981. The van der Waals surface area contributed by atoms with Crippen molar-refractivity contribution in [1.82, 2.24) is 5.32 Å². The quantitative estimate of drug-likeness (QED) is 0.663. The minimum Gasteiger partial charge on any atom is -0.353 e. The van der Waals surface area contributed by atoms with Gasteiger partial charge in [-0.05, 0) is 80.0 Å². The van der Waals surface area contributed by atoms with Crippen LogP contribution in [0.1, 0.15) is 16.7 Å². The Hall–Kier alpha value is -1.92. The standard InChI is InChI=1S/C18H20BrN3OS/c1-11-6-12(2)8-15(7-11)21-18(24)20-10-17(23)22-16-5-4-14(19)9-13(16)3/h4-9H,10H2,1-3H3,(H,22,23)(H2,20,21,24). The number of aryl methyl sites for hydroxylation is 3. The summed E-state index contributed by atoms with van der Waals surface area (Å²) in [5, 5.41) is 9.30. The van der Waals surface area contributed by atoms with Gasteiger partial charge in [0.1, 0.15) is 0 Å². The van der Waals surface area contributed by atoms with E-state index in [9.17, 15) is 4.79 Å². The van der Waals surface area contributed by atoms with Gasteiger partial charge >= 0.3 is 0 Å². The molecule has 2 rings (SSSR count). The molecular weight excluding hydrogens is 386 g/mol. The smallest absolute Gasteiger partial charge is 0.243 e. The Balaban J connectivity index is 1.85. The van der Waals surface area contributed by atoms with Crippen LogP contribution in [-0.2, 0) is 4.79 Å². The van der Waals surface area contributed by atoms with E-state index < -0.39 is 0 Å². The number of benzene rings is 2. The van der Waals surface area contributed by atoms with Crippen LogP contribution in [0.5, 0.6) is 0 Å². The molecule has 0 spiro atoms. The van der Waals surface area contributed by atoms with E-state index in [0.717, 1.165) is 32.5 Å². The molecule has 4 nitrogen and oxygen atoms in total. The lowest BCUT2D eigenvalue weighted by Crippen LogP contribution is -2.35. The second-order valence-corrected chi connectivity index (χ2v) is 7.02. The van der Waals surface area contributed by atoms with Crippen LogP contribution >= 0.6 is 28.1 Å². The van der Waals surface area contributed by atoms with Crippen LogP contribution in [0.15, 0.2) is 40.9 Å². The Kier molecular flexibility index (Phi) is 6.34. The average molecular weight is 406 g/mol. The normalized spacial score (nSPS) is 10.2. The fraction of sp³-hybridized carbons (Fsp3) is 0.222. The summed E-state index contributed by atoms with van der Waals surface area (Å²) in [5.41, 5.74) is 5.01. The zero-order valence-corrected chi connectivity index (χ0v) is 16.3. The zero-order chi connectivity index (χ0) is 17.7. The van der Waals surface area contributed by atoms with E-state index in [0.29, 0.717) is 5.11 Å². The molecule has 24 heavy (non-hydrogen) atoms. The molecular formula is C18H20BrN3OS. The van der Waals surface area contributed by atoms with Crippen LogP contribution in [-0.4, -0.2) is 17.6 Å². The van der Waals surface area contributed by atoms with E-state index in [1.54, 1.807) is 0 Å². The molecule has 0 saturated carbocycles. The van der Waals surface area contributed by atoms with Gasteiger partial charge < -0.3 is 16.0 Å². The maximum atomic E-state index is 12.0. The lowest BCUT2D eigenvalue weighted by atomic mass is 10.1. The molecule has 6 heteroatoms. The minimum atomic E-state index is -0.148. The number of nitrogens with one attached hydrogen (secondary N) is 3. The molecule has 0 heterocycles. The highest BCUT2D eigenvalue weighted by molar-refractivity contribution is 9.10. The van der Waals surface area contributed by atoms with Crippen LogP contribution in [0.2, 0.25) is 0 Å². The van der Waals surface area contributed by atoms with E-state index >= 15 is 0 Å². The van der Waals surface area contributed by atoms with Gasteiger partial charge in [-0.3, -0.25) is 4.79 Å². The van der Waals surface area contributed by atoms with E-state index in [2.05, 4.69) is 37.9 Å². The molecule has 0 atom stereocenters. The van der Waals surface area contributed by atoms with Crippen LogP contribution < -0.4 is 16.0 Å². The third-order valence-corrected chi connectivity index (χ3v) is 4.09. The first kappa shape index (κ1) is 18.4. The second-order valence-electron chi connectivity index (χ2n) is 5.69. The zero-order valence-electron chi connectivity index (χ0n) is 13.9. The number of halogens is 1. The molecule has 0 fully saturated rings. The van der Waals surface area contributed by atoms with Crippen LogP contribution in [0.3, 0.4) is 0 Å². The van der Waals surface area contributed by atoms with Gasteiger partial charge in [-0.15, -0.1) is 0 Å². The van der Waals surface area contributed by atoms with Gasteiger partial charge in [0.2, 0.25) is 5.91 Å². The number of thiocarbonyl (C=S) groups is 1. The Labute approximate surface area is 156 Å². The molecule has 0 saturated heterocycles. The highest BCUT2D eigenvalue weighted by Gasteiger charge is 2.06. The van der Waals surface area contributed by atoms with Gasteiger partial charge in [0.25, 0.3) is 0 Å². The van der Waals surface area contributed by atoms with E-state index in [1.165, 1.54) is 0 Å². The van der Waals surface area contributed by atoms with Gasteiger partial charge in [0.15, 0.2) is 5.11 Å². The first-order chi connectivity index (χ1) is 11.3. The van der Waals surface area contributed by atoms with Gasteiger partial charge in [0.05, 0.1) is 6.54 Å². The topological polar surface area (TPSA) is 53.2 Å². The molecule has 126 valence electrons. The van der Waals surface area contributed by atoms with E-state index in [-0.39, 0.29) is 12.5 Å². The fourth-order valence-electron chi connectivity index (χ4n) is 2.34. The summed E-state index contributed by atoms with van der Waals surface area (Å²) in [7, 11) is 0. The number of hydrogen-bond donors (Lipinski definition) is 3. The SMILES string of the molecule is Cc1cc(C)cc(NC(=S)NCC(=O)Nc2ccc(Br)cc2C)c1. The molecule has 0 aliphatic heterocycles. The maximum absolute atomic E-state index is 12.0. The molecule has 0 bridgehead atoms. The average Bonchev–Trinajstić information content (AvgIpc) is 2.47. The fourth-order valence-corrected chi connectivity index (χ4v) is 3.01. The van der Waals surface area contributed by atoms with Crippen molar-refractivity contribution in [3.05, 3.63) is 57.6 Å². The third kappa shape index (κ3) is 5.62. The van der Waals surface area contributed by atoms with Crippen molar-refractivity contribution in [3.8, 4) is 0 Å². The molecule has 3 N–H and O–H groups in total. The number of carbonyl (C=O) groups excluding carboxylic acids is 1. The largest absolute Gasteiger partial charge is 0.353 e. The van der Waals surface area contributed by atoms with Gasteiger partial charge in [-0.25, -0.2) is 0 Å². The predicted molar refractivity (Wildman–Crippen MR) is 108 cm³/mol. The Morgan fingerprint density at radius 2 is 1.71 bits per heavy atom. The predicted octanol–water partition coefficient (Wildman–Crippen LogP) is 4.30. The van der Waals surface area contributed by atoms with Crippen molar-refractivity contribution >= 4 is 50.5 Å². The summed E-state index contributed by atoms with van der Waals surface area (Å²) in [4.78, 5) is 12.0. The molecule has 2 aromatic carbocycles. The number of amides is 1. The van der Waals surface area contributed by atoms with Gasteiger partial charge in [0, 0.05) is 15.8 Å². The summed E-state index contributed by atoms with van der Waals surface area (Å²) >= 11 is 8.64. The van der Waals surface area contributed by atoms with Gasteiger partial charge in [-0.2, -0.15) is 0 Å². The monoisotopic (exact) mass is 405 g/mol. The molecule has 0 radical (unpaired) electrons. The Bertz CT molecular complexity index is 757. The molecule has 0 aliphatic carbocycles. The second kappa shape index (κ2) is 8.26. The Morgan fingerprint density at radius 1 is 1.04 bits per heavy atom. The molecule has 2 aromatic rings. The first-order valence-corrected chi connectivity index (χ1v) is 8.73. The number of hydrogen-bond acceptors (Lipinski definition) is 2. The Morgan fingerprint density at radius 3 is 2.33 bits per heavy atom. The van der Waals surface area contributed by atoms with Crippen molar-refractivity contribution in [1.29, 1.82) is 0 Å². The van der Waals surface area contributed by atoms with E-state index in [1.807, 2.05) is 51.1 Å². The van der Waals surface area contributed by atoms with Crippen LogP contribution in [0.25, 0.3) is 0 Å². The van der Waals surface area contributed by atoms with Crippen molar-refractivity contribution in [3.63, 3.8) is 0 Å². The van der Waals surface area contributed by atoms with Crippen molar-refractivity contribution in [2.24, 2.45) is 0 Å². The lowest BCUT2D eigenvalue weighted by Gasteiger charge is -2.13. The number of carbonyl (C=O) groups is 1. The van der Waals surface area contributed by atoms with Crippen LogP contribution in [0, 0.1) is 20.8 Å². The molecule has 0 aliphatic rings. The highest BCUT2D eigenvalue weighted by atomic mass is 79.9. The summed E-state index contributed by atoms with van der Waals surface area (Å²) in [6.07, 6.45) is 0. The molecule has 0 unspecified atom stereocenters. The van der Waals surface area contributed by atoms with Crippen molar-refractivity contribution in [2.45, 2.75) is 20.8 Å². The summed E-state index contributed by atoms with van der Waals surface area (Å²) in [6.45, 7) is 6.11. The van der Waals surface area contributed by atoms with E-state index in [4.69, 9.17) is 12.2 Å². The van der Waals surface area contributed by atoms with Gasteiger partial charge in [-0.1, -0.05) is 22.0 Å². The number of anilines is 2. The molecule has 0 aromatic heterocycles. The first-order valence-electron chi connectivity index (χ1n) is 7.52. The maximum Gasteiger partial charge on any atom is 0.243 e. The summed E-state index contributed by atoms with van der Waals surface area (Å²) in [5.74, 6) is -0.148. The molecule has 1 amide bonds. The third-order valence-electron chi connectivity index (χ3n) is 3.35. The minimum absolute atomic E-state index is 0.103. The highest BCUT2D eigenvalue weighted by Crippen LogP contribution is 2.19. The van der Waals surface area contributed by atoms with Crippen LogP contribution in [0.4, 0.5) is 11.4 Å². The lowest BCUT2D eigenvalue weighted by molar-refractivity contribution is -0.115. The van der Waals surface area contributed by atoms with Crippen molar-refractivity contribution < 1.29 is 4.79 Å². The van der Waals surface area contributed by atoms with Crippen molar-refractivity contribution in [2.75, 3.05) is 17.2 Å².